The average molecular weight is 444 g/mol. The van der Waals surface area contributed by atoms with Gasteiger partial charge in [-0.3, -0.25) is 0 Å². The number of ether oxygens (including phenoxy) is 1. The van der Waals surface area contributed by atoms with Gasteiger partial charge < -0.3 is 10.1 Å². The summed E-state index contributed by atoms with van der Waals surface area (Å²) in [5.74, 6) is 0.391. The highest BCUT2D eigenvalue weighted by Gasteiger charge is 2.10. The van der Waals surface area contributed by atoms with Crippen molar-refractivity contribution in [2.24, 2.45) is 0 Å². The topological polar surface area (TPSA) is 57.9 Å². The molecule has 4 nitrogen and oxygen atoms in total. The first-order valence-corrected chi connectivity index (χ1v) is 9.79. The van der Waals surface area contributed by atoms with Crippen molar-refractivity contribution < 1.29 is 9.13 Å². The third-order valence-electron chi connectivity index (χ3n) is 3.62. The molecule has 0 aliphatic rings. The third kappa shape index (κ3) is 4.73. The molecule has 0 bridgehead atoms. The molecule has 0 spiro atoms. The maximum Gasteiger partial charge on any atom is 0.147 e. The van der Waals surface area contributed by atoms with Gasteiger partial charge >= 0.3 is 0 Å². The number of thiazole rings is 1. The SMILES string of the molecule is CCOc1ccc(-c2csc(/C(C#N)=C/Nc3ccc(Br)cc3F)n2)cc1. The number of anilines is 1. The van der Waals surface area contributed by atoms with E-state index in [-0.39, 0.29) is 5.69 Å². The number of nitrogens with one attached hydrogen (secondary N) is 1. The second-order valence-electron chi connectivity index (χ2n) is 5.43. The van der Waals surface area contributed by atoms with E-state index in [4.69, 9.17) is 4.74 Å². The van der Waals surface area contributed by atoms with E-state index in [0.717, 1.165) is 17.0 Å². The van der Waals surface area contributed by atoms with E-state index >= 15 is 0 Å². The van der Waals surface area contributed by atoms with Crippen LogP contribution in [0.4, 0.5) is 10.1 Å². The first-order valence-electron chi connectivity index (χ1n) is 8.11. The summed E-state index contributed by atoms with van der Waals surface area (Å²) < 4.78 is 20.0. The highest BCUT2D eigenvalue weighted by Crippen LogP contribution is 2.28. The molecule has 0 saturated heterocycles. The van der Waals surface area contributed by atoms with Crippen LogP contribution in [0.2, 0.25) is 0 Å². The molecule has 0 aliphatic heterocycles. The average Bonchev–Trinajstić information content (AvgIpc) is 3.14. The largest absolute Gasteiger partial charge is 0.494 e. The number of hydrogen-bond acceptors (Lipinski definition) is 5. The number of nitrogens with zero attached hydrogens (tertiary/aromatic N) is 2. The van der Waals surface area contributed by atoms with Gasteiger partial charge in [0.2, 0.25) is 0 Å². The lowest BCUT2D eigenvalue weighted by atomic mass is 10.2. The number of benzene rings is 2. The summed E-state index contributed by atoms with van der Waals surface area (Å²) in [6, 6.07) is 14.4. The smallest absolute Gasteiger partial charge is 0.147 e. The second-order valence-corrected chi connectivity index (χ2v) is 7.21. The highest BCUT2D eigenvalue weighted by atomic mass is 79.9. The van der Waals surface area contributed by atoms with Crippen LogP contribution in [0.1, 0.15) is 11.9 Å². The summed E-state index contributed by atoms with van der Waals surface area (Å²) in [4.78, 5) is 4.52. The van der Waals surface area contributed by atoms with Crippen molar-refractivity contribution in [3.05, 3.63) is 69.3 Å². The Hall–Kier alpha value is -2.69. The van der Waals surface area contributed by atoms with Gasteiger partial charge in [-0.2, -0.15) is 5.26 Å². The molecule has 0 radical (unpaired) electrons. The maximum absolute atomic E-state index is 13.9. The van der Waals surface area contributed by atoms with E-state index < -0.39 is 5.82 Å². The molecule has 0 atom stereocenters. The molecule has 7 heteroatoms. The lowest BCUT2D eigenvalue weighted by Gasteiger charge is -2.04. The Morgan fingerprint density at radius 2 is 2.11 bits per heavy atom. The molecule has 3 rings (SSSR count). The van der Waals surface area contributed by atoms with E-state index in [0.29, 0.717) is 21.7 Å². The molecule has 0 saturated carbocycles. The van der Waals surface area contributed by atoms with Crippen LogP contribution in [0.15, 0.2) is 58.5 Å². The normalized spacial score (nSPS) is 11.1. The summed E-state index contributed by atoms with van der Waals surface area (Å²) in [5.41, 5.74) is 2.33. The zero-order chi connectivity index (χ0) is 19.2. The van der Waals surface area contributed by atoms with E-state index in [1.54, 1.807) is 12.1 Å². The Labute approximate surface area is 169 Å². The van der Waals surface area contributed by atoms with Crippen LogP contribution in [0, 0.1) is 17.1 Å². The molecule has 3 aromatic rings. The Morgan fingerprint density at radius 3 is 2.78 bits per heavy atom. The van der Waals surface area contributed by atoms with E-state index in [2.05, 4.69) is 32.3 Å². The fraction of sp³-hybridized carbons (Fsp3) is 0.100. The first-order chi connectivity index (χ1) is 13.1. The summed E-state index contributed by atoms with van der Waals surface area (Å²) in [6.07, 6.45) is 1.47. The molecule has 1 N–H and O–H groups in total. The number of allylic oxidation sites excluding steroid dienone is 1. The lowest BCUT2D eigenvalue weighted by molar-refractivity contribution is 0.340. The van der Waals surface area contributed by atoms with Gasteiger partial charge in [0.25, 0.3) is 0 Å². The zero-order valence-electron chi connectivity index (χ0n) is 14.4. The van der Waals surface area contributed by atoms with Gasteiger partial charge in [-0.1, -0.05) is 15.9 Å². The number of rotatable bonds is 6. The molecule has 0 aliphatic carbocycles. The summed E-state index contributed by atoms with van der Waals surface area (Å²) in [7, 11) is 0. The van der Waals surface area contributed by atoms with Crippen LogP contribution in [0.3, 0.4) is 0 Å². The fourth-order valence-corrected chi connectivity index (χ4v) is 3.44. The van der Waals surface area contributed by atoms with Crippen molar-refractivity contribution in [1.29, 1.82) is 5.26 Å². The Balaban J connectivity index is 1.79. The predicted molar refractivity (Wildman–Crippen MR) is 110 cm³/mol. The standard InChI is InChI=1S/C20H15BrFN3OS/c1-2-26-16-6-3-13(4-7-16)19-12-27-20(25-19)14(10-23)11-24-18-8-5-15(21)9-17(18)22/h3-9,11-12,24H,2H2,1H3/b14-11+. The monoisotopic (exact) mass is 443 g/mol. The highest BCUT2D eigenvalue weighted by molar-refractivity contribution is 9.10. The molecule has 136 valence electrons. The fourth-order valence-electron chi connectivity index (χ4n) is 2.32. The van der Waals surface area contributed by atoms with Crippen LogP contribution in [-0.2, 0) is 0 Å². The van der Waals surface area contributed by atoms with Crippen LogP contribution < -0.4 is 10.1 Å². The van der Waals surface area contributed by atoms with E-state index in [9.17, 15) is 9.65 Å². The molecular weight excluding hydrogens is 429 g/mol. The first kappa shape index (κ1) is 19.1. The Morgan fingerprint density at radius 1 is 1.33 bits per heavy atom. The van der Waals surface area contributed by atoms with Crippen LogP contribution in [0.25, 0.3) is 16.8 Å². The second kappa shape index (κ2) is 8.80. The number of halogens is 2. The van der Waals surface area contributed by atoms with Crippen molar-refractivity contribution in [3.63, 3.8) is 0 Å². The summed E-state index contributed by atoms with van der Waals surface area (Å²) in [5, 5.41) is 14.7. The van der Waals surface area contributed by atoms with Gasteiger partial charge in [0.1, 0.15) is 28.2 Å². The molecule has 0 unspecified atom stereocenters. The van der Waals surface area contributed by atoms with E-state index in [1.165, 1.54) is 23.6 Å². The molecule has 27 heavy (non-hydrogen) atoms. The minimum absolute atomic E-state index is 0.286. The van der Waals surface area contributed by atoms with Crippen molar-refractivity contribution in [2.75, 3.05) is 11.9 Å². The number of hydrogen-bond donors (Lipinski definition) is 1. The zero-order valence-corrected chi connectivity index (χ0v) is 16.8. The quantitative estimate of drug-likeness (QED) is 0.468. The van der Waals surface area contributed by atoms with Gasteiger partial charge in [0.05, 0.1) is 18.0 Å². The van der Waals surface area contributed by atoms with E-state index in [1.807, 2.05) is 36.6 Å². The molecule has 0 amide bonds. The van der Waals surface area contributed by atoms with Gasteiger partial charge in [-0.15, -0.1) is 11.3 Å². The molecular formula is C20H15BrFN3OS. The summed E-state index contributed by atoms with van der Waals surface area (Å²) >= 11 is 4.57. The Bertz CT molecular complexity index is 1010. The number of nitriles is 1. The van der Waals surface area contributed by atoms with Crippen molar-refractivity contribution in [1.82, 2.24) is 4.98 Å². The van der Waals surface area contributed by atoms with Gasteiger partial charge in [0, 0.05) is 21.6 Å². The van der Waals surface area contributed by atoms with Crippen LogP contribution >= 0.6 is 27.3 Å². The van der Waals surface area contributed by atoms with Gasteiger partial charge in [0.15, 0.2) is 0 Å². The minimum atomic E-state index is -0.410. The minimum Gasteiger partial charge on any atom is -0.494 e. The van der Waals surface area contributed by atoms with Crippen molar-refractivity contribution in [2.45, 2.75) is 6.92 Å². The van der Waals surface area contributed by atoms with Crippen LogP contribution in [-0.4, -0.2) is 11.6 Å². The van der Waals surface area contributed by atoms with Crippen LogP contribution in [0.5, 0.6) is 5.75 Å². The molecule has 2 aromatic carbocycles. The van der Waals surface area contributed by atoms with Gasteiger partial charge in [-0.25, -0.2) is 9.37 Å². The van der Waals surface area contributed by atoms with Crippen molar-refractivity contribution >= 4 is 38.5 Å². The lowest BCUT2D eigenvalue weighted by Crippen LogP contribution is -1.94. The molecule has 1 aromatic heterocycles. The number of aromatic nitrogens is 1. The third-order valence-corrected chi connectivity index (χ3v) is 4.99. The predicted octanol–water partition coefficient (Wildman–Crippen LogP) is 6.09. The van der Waals surface area contributed by atoms with Gasteiger partial charge in [-0.05, 0) is 49.4 Å². The molecule has 0 fully saturated rings. The Kier molecular flexibility index (Phi) is 6.22. The summed E-state index contributed by atoms with van der Waals surface area (Å²) in [6.45, 7) is 2.55. The van der Waals surface area contributed by atoms with Crippen molar-refractivity contribution in [3.8, 4) is 23.1 Å². The molecule has 1 heterocycles. The maximum atomic E-state index is 13.9.